The van der Waals surface area contributed by atoms with Gasteiger partial charge in [-0.2, -0.15) is 0 Å². The zero-order valence-electron chi connectivity index (χ0n) is 11.6. The molecule has 0 aliphatic heterocycles. The van der Waals surface area contributed by atoms with Crippen molar-refractivity contribution in [2.75, 3.05) is 5.73 Å². The van der Waals surface area contributed by atoms with E-state index >= 15 is 0 Å². The van der Waals surface area contributed by atoms with Crippen LogP contribution in [0.4, 0.5) is 5.69 Å². The fraction of sp³-hybridized carbons (Fsp3) is 0.267. The molecule has 0 aliphatic carbocycles. The fourth-order valence-corrected chi connectivity index (χ4v) is 1.19. The summed E-state index contributed by atoms with van der Waals surface area (Å²) >= 11 is 0. The molecular weight excluding hydrogens is 224 g/mol. The van der Waals surface area contributed by atoms with Crippen LogP contribution < -0.4 is 5.73 Å². The summed E-state index contributed by atoms with van der Waals surface area (Å²) in [5.41, 5.74) is 7.33. The van der Waals surface area contributed by atoms with Crippen molar-refractivity contribution in [1.29, 1.82) is 0 Å². The number of carbonyl (C=O) groups is 1. The smallest absolute Gasteiger partial charge is 0.223 e. The highest BCUT2D eigenvalue weighted by Crippen LogP contribution is 2.09. The van der Waals surface area contributed by atoms with E-state index in [4.69, 9.17) is 5.73 Å². The summed E-state index contributed by atoms with van der Waals surface area (Å²) in [5.74, 6) is -0.0255. The molecule has 0 fully saturated rings. The molecule has 0 unspecified atom stereocenters. The van der Waals surface area contributed by atoms with Crippen molar-refractivity contribution in [2.45, 2.75) is 27.3 Å². The van der Waals surface area contributed by atoms with Crippen molar-refractivity contribution in [3.8, 4) is 0 Å². The number of benzene rings is 1. The largest absolute Gasteiger partial charge is 0.399 e. The predicted molar refractivity (Wildman–Crippen MR) is 79.9 cm³/mol. The molecule has 100 valence electrons. The number of rotatable bonds is 3. The first-order chi connectivity index (χ1) is 8.63. The average Bonchev–Trinajstić information content (AvgIpc) is 2.40. The maximum Gasteiger partial charge on any atom is 0.223 e. The molecule has 0 spiro atoms. The Hall–Kier alpha value is -2.03. The maximum absolute atomic E-state index is 11.1. The lowest BCUT2D eigenvalue weighted by molar-refractivity contribution is -0.126. The van der Waals surface area contributed by atoms with E-state index in [-0.39, 0.29) is 5.91 Å². The number of nitrogen functional groups attached to an aromatic ring is 1. The first kappa shape index (κ1) is 18.3. The van der Waals surface area contributed by atoms with E-state index in [0.29, 0.717) is 12.2 Å². The highest BCUT2D eigenvalue weighted by molar-refractivity contribution is 5.74. The number of hydrogen-bond acceptors (Lipinski definition) is 2. The molecule has 0 saturated carbocycles. The molecular formula is C15H24N2O. The zero-order chi connectivity index (χ0) is 14.6. The topological polar surface area (TPSA) is 46.3 Å². The van der Waals surface area contributed by atoms with E-state index in [1.165, 1.54) is 18.0 Å². The van der Waals surface area contributed by atoms with Crippen LogP contribution in [0.25, 0.3) is 0 Å². The number of carbonyl (C=O) groups excluding carboxylic acids is 1. The third-order valence-electron chi connectivity index (χ3n) is 1.93. The minimum atomic E-state index is -0.0255. The average molecular weight is 248 g/mol. The van der Waals surface area contributed by atoms with E-state index in [1.54, 1.807) is 0 Å². The number of nitrogens with zero attached hydrogens (tertiary/aromatic N) is 1. The Kier molecular flexibility index (Phi) is 11.7. The second-order valence-corrected chi connectivity index (χ2v) is 3.07. The Balaban J connectivity index is 0. The quantitative estimate of drug-likeness (QED) is 0.656. The molecule has 1 rings (SSSR count). The maximum atomic E-state index is 11.1. The summed E-state index contributed by atoms with van der Waals surface area (Å²) in [6, 6.07) is 7.46. The number of hydrogen-bond donors (Lipinski definition) is 1. The number of amides is 1. The van der Waals surface area contributed by atoms with E-state index in [9.17, 15) is 4.79 Å². The molecule has 1 aromatic rings. The van der Waals surface area contributed by atoms with Crippen molar-refractivity contribution in [1.82, 2.24) is 4.90 Å². The summed E-state index contributed by atoms with van der Waals surface area (Å²) in [6.45, 7) is 15.6. The second kappa shape index (κ2) is 11.5. The molecule has 3 nitrogen and oxygen atoms in total. The zero-order valence-corrected chi connectivity index (χ0v) is 11.6. The van der Waals surface area contributed by atoms with E-state index in [1.807, 2.05) is 38.1 Å². The summed E-state index contributed by atoms with van der Waals surface area (Å²) in [6.07, 6.45) is 1.52. The van der Waals surface area contributed by atoms with Gasteiger partial charge in [-0.1, -0.05) is 32.6 Å². The molecule has 18 heavy (non-hydrogen) atoms. The summed E-state index contributed by atoms with van der Waals surface area (Å²) < 4.78 is 0. The van der Waals surface area contributed by atoms with Gasteiger partial charge in [0, 0.05) is 12.6 Å². The fourth-order valence-electron chi connectivity index (χ4n) is 1.19. The summed E-state index contributed by atoms with van der Waals surface area (Å²) in [5, 5.41) is 0. The van der Waals surface area contributed by atoms with Gasteiger partial charge in [-0.05, 0) is 23.9 Å². The van der Waals surface area contributed by atoms with Gasteiger partial charge in [0.2, 0.25) is 5.91 Å². The number of nitrogens with two attached hydrogens (primary N) is 1. The van der Waals surface area contributed by atoms with Gasteiger partial charge in [0.25, 0.3) is 0 Å². The van der Waals surface area contributed by atoms with Gasteiger partial charge >= 0.3 is 0 Å². The minimum absolute atomic E-state index is 0.0255. The van der Waals surface area contributed by atoms with Crippen molar-refractivity contribution < 1.29 is 4.79 Å². The van der Waals surface area contributed by atoms with Gasteiger partial charge in [-0.25, -0.2) is 0 Å². The van der Waals surface area contributed by atoms with Crippen LogP contribution in [-0.2, 0) is 11.3 Å². The third kappa shape index (κ3) is 7.28. The van der Waals surface area contributed by atoms with Crippen LogP contribution in [0.2, 0.25) is 0 Å². The Morgan fingerprint density at radius 2 is 1.94 bits per heavy atom. The summed E-state index contributed by atoms with van der Waals surface area (Å²) in [4.78, 5) is 12.6. The first-order valence-corrected chi connectivity index (χ1v) is 5.87. The minimum Gasteiger partial charge on any atom is -0.399 e. The first-order valence-electron chi connectivity index (χ1n) is 5.87. The standard InChI is InChI=1S/C11H14N2O.C2H6.C2H4/c1-3-13(9(2)14)8-10-5-4-6-11(12)7-10;2*1-2/h3-7H,1,8,12H2,2H3;1-2H3;1-2H2. The highest BCUT2D eigenvalue weighted by atomic mass is 16.2. The van der Waals surface area contributed by atoms with Gasteiger partial charge in [0.05, 0.1) is 6.54 Å². The lowest BCUT2D eigenvalue weighted by atomic mass is 10.2. The van der Waals surface area contributed by atoms with Crippen molar-refractivity contribution >= 4 is 11.6 Å². The molecule has 0 saturated heterocycles. The van der Waals surface area contributed by atoms with Crippen molar-refractivity contribution in [3.63, 3.8) is 0 Å². The molecule has 0 aliphatic rings. The lowest BCUT2D eigenvalue weighted by Gasteiger charge is -2.15. The van der Waals surface area contributed by atoms with E-state index in [2.05, 4.69) is 19.7 Å². The summed E-state index contributed by atoms with van der Waals surface area (Å²) in [7, 11) is 0. The Labute approximate surface area is 111 Å². The van der Waals surface area contributed by atoms with Crippen LogP contribution in [-0.4, -0.2) is 10.8 Å². The van der Waals surface area contributed by atoms with Gasteiger partial charge in [-0.3, -0.25) is 4.79 Å². The molecule has 1 amide bonds. The van der Waals surface area contributed by atoms with Crippen LogP contribution in [0.1, 0.15) is 26.3 Å². The lowest BCUT2D eigenvalue weighted by Crippen LogP contribution is -2.21. The van der Waals surface area contributed by atoms with Gasteiger partial charge in [0.1, 0.15) is 0 Å². The second-order valence-electron chi connectivity index (χ2n) is 3.07. The van der Waals surface area contributed by atoms with Crippen LogP contribution in [0.5, 0.6) is 0 Å². The van der Waals surface area contributed by atoms with Crippen LogP contribution in [0.15, 0.2) is 50.2 Å². The van der Waals surface area contributed by atoms with Crippen LogP contribution in [0.3, 0.4) is 0 Å². The van der Waals surface area contributed by atoms with E-state index in [0.717, 1.165) is 5.56 Å². The van der Waals surface area contributed by atoms with Crippen LogP contribution >= 0.6 is 0 Å². The van der Waals surface area contributed by atoms with Crippen molar-refractivity contribution in [2.24, 2.45) is 0 Å². The molecule has 2 N–H and O–H groups in total. The third-order valence-corrected chi connectivity index (χ3v) is 1.93. The molecule has 1 aromatic carbocycles. The Morgan fingerprint density at radius 3 is 2.33 bits per heavy atom. The highest BCUT2D eigenvalue weighted by Gasteiger charge is 2.04. The van der Waals surface area contributed by atoms with Gasteiger partial charge in [-0.15, -0.1) is 13.2 Å². The Morgan fingerprint density at radius 1 is 1.39 bits per heavy atom. The van der Waals surface area contributed by atoms with Gasteiger partial charge in [0.15, 0.2) is 0 Å². The van der Waals surface area contributed by atoms with Crippen LogP contribution in [0, 0.1) is 0 Å². The SMILES string of the molecule is C=C.C=CN(Cc1cccc(N)c1)C(C)=O.CC. The predicted octanol–water partition coefficient (Wildman–Crippen LogP) is 3.59. The molecule has 0 radical (unpaired) electrons. The molecule has 3 heteroatoms. The van der Waals surface area contributed by atoms with Gasteiger partial charge < -0.3 is 10.6 Å². The Bertz CT molecular complexity index is 361. The monoisotopic (exact) mass is 248 g/mol. The van der Waals surface area contributed by atoms with Crippen molar-refractivity contribution in [3.05, 3.63) is 55.8 Å². The normalized spacial score (nSPS) is 7.94. The molecule has 0 atom stereocenters. The molecule has 0 aromatic heterocycles. The number of anilines is 1. The molecule has 0 bridgehead atoms. The van der Waals surface area contributed by atoms with E-state index < -0.39 is 0 Å². The molecule has 0 heterocycles.